The molecule has 35 heavy (non-hydrogen) atoms. The Hall–Kier alpha value is -3.84. The summed E-state index contributed by atoms with van der Waals surface area (Å²) in [7, 11) is 0. The Morgan fingerprint density at radius 3 is 2.23 bits per heavy atom. The summed E-state index contributed by atoms with van der Waals surface area (Å²) in [6.07, 6.45) is 0.430. The van der Waals surface area contributed by atoms with E-state index in [9.17, 15) is 14.4 Å². The van der Waals surface area contributed by atoms with E-state index in [1.165, 1.54) is 18.2 Å². The number of fused-ring (bicyclic) bond motifs is 3. The van der Waals surface area contributed by atoms with Gasteiger partial charge in [0.05, 0.1) is 0 Å². The van der Waals surface area contributed by atoms with Gasteiger partial charge in [0.15, 0.2) is 0 Å². The van der Waals surface area contributed by atoms with Crippen molar-refractivity contribution in [1.29, 1.82) is 0 Å². The molecule has 8 heteroatoms. The first-order valence-corrected chi connectivity index (χ1v) is 11.7. The van der Waals surface area contributed by atoms with E-state index in [1.54, 1.807) is 0 Å². The minimum atomic E-state index is -0.866. The number of hydrogen-bond donors (Lipinski definition) is 3. The van der Waals surface area contributed by atoms with Crippen LogP contribution in [0.25, 0.3) is 11.1 Å². The number of ether oxygens (including phenoxy) is 1. The average Bonchev–Trinajstić information content (AvgIpc) is 3.15. The predicted octanol–water partition coefficient (Wildman–Crippen LogP) is 5.69. The number of halogens is 1. The second-order valence-corrected chi connectivity index (χ2v) is 8.72. The minimum Gasteiger partial charge on any atom is -0.481 e. The van der Waals surface area contributed by atoms with E-state index < -0.39 is 12.1 Å². The highest BCUT2D eigenvalue weighted by Crippen LogP contribution is 2.44. The molecule has 0 saturated heterocycles. The third-order valence-corrected chi connectivity index (χ3v) is 6.07. The molecule has 3 aromatic rings. The summed E-state index contributed by atoms with van der Waals surface area (Å²) in [5.74, 6) is -1.29. The van der Waals surface area contributed by atoms with E-state index >= 15 is 0 Å². The molecule has 7 nitrogen and oxygen atoms in total. The van der Waals surface area contributed by atoms with Crippen molar-refractivity contribution in [2.24, 2.45) is 0 Å². The number of carbonyl (C=O) groups excluding carboxylic acids is 2. The van der Waals surface area contributed by atoms with Crippen LogP contribution < -0.4 is 10.6 Å². The number of amides is 2. The van der Waals surface area contributed by atoms with Gasteiger partial charge in [-0.05, 0) is 53.3 Å². The fourth-order valence-corrected chi connectivity index (χ4v) is 4.49. The highest BCUT2D eigenvalue weighted by molar-refractivity contribution is 6.31. The van der Waals surface area contributed by atoms with Crippen LogP contribution in [0, 0.1) is 0 Å². The lowest BCUT2D eigenvalue weighted by atomic mass is 9.98. The smallest absolute Gasteiger partial charge is 0.411 e. The fourth-order valence-electron chi connectivity index (χ4n) is 4.25. The third-order valence-electron chi connectivity index (χ3n) is 5.85. The number of hydrogen-bond acceptors (Lipinski definition) is 4. The maximum atomic E-state index is 12.6. The zero-order chi connectivity index (χ0) is 24.8. The molecule has 4 rings (SSSR count). The van der Waals surface area contributed by atoms with Crippen LogP contribution in [0.2, 0.25) is 5.02 Å². The van der Waals surface area contributed by atoms with E-state index in [-0.39, 0.29) is 35.4 Å². The van der Waals surface area contributed by atoms with Crippen LogP contribution in [-0.4, -0.2) is 36.2 Å². The molecule has 2 amide bonds. The SMILES string of the molecule is O=C(O)CCCCNC(=O)c1cc(Cl)cc(NC(=O)OCC2c3ccccc3-c3ccccc32)c1. The Labute approximate surface area is 208 Å². The van der Waals surface area contributed by atoms with Gasteiger partial charge in [0, 0.05) is 35.2 Å². The average molecular weight is 493 g/mol. The summed E-state index contributed by atoms with van der Waals surface area (Å²) < 4.78 is 5.55. The number of aliphatic carboxylic acids is 1. The molecule has 0 bridgehead atoms. The van der Waals surface area contributed by atoms with Gasteiger partial charge in [-0.15, -0.1) is 0 Å². The van der Waals surface area contributed by atoms with Crippen molar-refractivity contribution >= 4 is 35.3 Å². The lowest BCUT2D eigenvalue weighted by molar-refractivity contribution is -0.137. The molecule has 3 N–H and O–H groups in total. The van der Waals surface area contributed by atoms with Crippen LogP contribution in [0.1, 0.15) is 46.7 Å². The zero-order valence-electron chi connectivity index (χ0n) is 18.9. The quantitative estimate of drug-likeness (QED) is 0.333. The van der Waals surface area contributed by atoms with Crippen molar-refractivity contribution in [3.63, 3.8) is 0 Å². The van der Waals surface area contributed by atoms with Crippen LogP contribution in [0.3, 0.4) is 0 Å². The Kier molecular flexibility index (Phi) is 7.67. The zero-order valence-corrected chi connectivity index (χ0v) is 19.7. The Morgan fingerprint density at radius 1 is 0.914 bits per heavy atom. The number of carbonyl (C=O) groups is 3. The van der Waals surface area contributed by atoms with E-state index in [2.05, 4.69) is 22.8 Å². The third kappa shape index (κ3) is 6.00. The monoisotopic (exact) mass is 492 g/mol. The number of rotatable bonds is 9. The molecule has 0 aliphatic heterocycles. The van der Waals surface area contributed by atoms with E-state index in [1.807, 2.05) is 36.4 Å². The molecule has 0 spiro atoms. The number of benzene rings is 3. The lowest BCUT2D eigenvalue weighted by Crippen LogP contribution is -2.25. The van der Waals surface area contributed by atoms with Crippen LogP contribution in [-0.2, 0) is 9.53 Å². The molecule has 0 atom stereocenters. The second-order valence-electron chi connectivity index (χ2n) is 8.29. The molecule has 0 radical (unpaired) electrons. The normalized spacial score (nSPS) is 11.9. The lowest BCUT2D eigenvalue weighted by Gasteiger charge is -2.15. The first-order valence-electron chi connectivity index (χ1n) is 11.3. The van der Waals surface area contributed by atoms with Gasteiger partial charge in [-0.3, -0.25) is 14.9 Å². The van der Waals surface area contributed by atoms with Crippen LogP contribution >= 0.6 is 11.6 Å². The predicted molar refractivity (Wildman–Crippen MR) is 134 cm³/mol. The van der Waals surface area contributed by atoms with Gasteiger partial charge in [0.2, 0.25) is 0 Å². The van der Waals surface area contributed by atoms with Crippen molar-refractivity contribution in [3.8, 4) is 11.1 Å². The van der Waals surface area contributed by atoms with E-state index in [0.717, 1.165) is 22.3 Å². The first kappa shape index (κ1) is 24.3. The number of anilines is 1. The number of carboxylic acids is 1. The molecule has 0 saturated carbocycles. The molecule has 0 heterocycles. The van der Waals surface area contributed by atoms with Gasteiger partial charge in [-0.25, -0.2) is 4.79 Å². The van der Waals surface area contributed by atoms with Crippen molar-refractivity contribution in [1.82, 2.24) is 5.32 Å². The van der Waals surface area contributed by atoms with Crippen molar-refractivity contribution in [3.05, 3.63) is 88.4 Å². The van der Waals surface area contributed by atoms with Gasteiger partial charge in [-0.2, -0.15) is 0 Å². The van der Waals surface area contributed by atoms with Gasteiger partial charge < -0.3 is 15.2 Å². The van der Waals surface area contributed by atoms with Gasteiger partial charge in [0.1, 0.15) is 6.61 Å². The molecule has 1 aliphatic carbocycles. The second kappa shape index (κ2) is 11.1. The number of unbranched alkanes of at least 4 members (excludes halogenated alkanes) is 1. The van der Waals surface area contributed by atoms with Crippen LogP contribution in [0.4, 0.5) is 10.5 Å². The summed E-state index contributed by atoms with van der Waals surface area (Å²) in [4.78, 5) is 35.6. The molecular weight excluding hydrogens is 468 g/mol. The molecule has 1 aliphatic rings. The molecular formula is C27H25ClN2O5. The maximum Gasteiger partial charge on any atom is 0.411 e. The van der Waals surface area contributed by atoms with Crippen LogP contribution in [0.15, 0.2) is 66.7 Å². The highest BCUT2D eigenvalue weighted by Gasteiger charge is 2.29. The molecule has 0 unspecified atom stereocenters. The molecule has 3 aromatic carbocycles. The number of nitrogens with one attached hydrogen (secondary N) is 2. The summed E-state index contributed by atoms with van der Waals surface area (Å²) in [6.45, 7) is 0.512. The largest absolute Gasteiger partial charge is 0.481 e. The van der Waals surface area contributed by atoms with Gasteiger partial charge in [0.25, 0.3) is 5.91 Å². The van der Waals surface area contributed by atoms with Gasteiger partial charge >= 0.3 is 12.1 Å². The van der Waals surface area contributed by atoms with E-state index in [4.69, 9.17) is 21.4 Å². The Bertz CT molecular complexity index is 1210. The highest BCUT2D eigenvalue weighted by atomic mass is 35.5. The van der Waals surface area contributed by atoms with Crippen molar-refractivity contribution < 1.29 is 24.2 Å². The topological polar surface area (TPSA) is 105 Å². The fraction of sp³-hybridized carbons (Fsp3) is 0.222. The number of carboxylic acid groups (broad SMARTS) is 1. The van der Waals surface area contributed by atoms with E-state index in [0.29, 0.717) is 25.1 Å². The summed E-state index contributed by atoms with van der Waals surface area (Å²) in [5, 5.41) is 14.3. The Balaban J connectivity index is 1.35. The molecule has 180 valence electrons. The molecule has 0 aromatic heterocycles. The summed E-state index contributed by atoms with van der Waals surface area (Å²) in [6, 6.07) is 20.7. The van der Waals surface area contributed by atoms with Crippen LogP contribution in [0.5, 0.6) is 0 Å². The Morgan fingerprint density at radius 2 is 1.57 bits per heavy atom. The standard InChI is InChI=1S/C27H25ClN2O5/c28-18-13-17(26(33)29-12-6-5-11-25(31)32)14-19(15-18)30-27(34)35-16-24-22-9-3-1-7-20(22)21-8-2-4-10-23(21)24/h1-4,7-10,13-15,24H,5-6,11-12,16H2,(H,29,33)(H,30,34)(H,31,32). The van der Waals surface area contributed by atoms with Gasteiger partial charge in [-0.1, -0.05) is 60.1 Å². The summed E-state index contributed by atoms with van der Waals surface area (Å²) in [5.41, 5.74) is 5.14. The minimum absolute atomic E-state index is 0.0568. The van der Waals surface area contributed by atoms with Crippen molar-refractivity contribution in [2.45, 2.75) is 25.2 Å². The maximum absolute atomic E-state index is 12.6. The molecule has 0 fully saturated rings. The van der Waals surface area contributed by atoms with Crippen molar-refractivity contribution in [2.75, 3.05) is 18.5 Å². The first-order chi connectivity index (χ1) is 16.9. The summed E-state index contributed by atoms with van der Waals surface area (Å²) >= 11 is 6.15.